The molecule has 0 radical (unpaired) electrons. The van der Waals surface area contributed by atoms with E-state index in [0.717, 1.165) is 29.7 Å². The van der Waals surface area contributed by atoms with Gasteiger partial charge in [-0.1, -0.05) is 13.8 Å². The molecule has 66 valence electrons. The van der Waals surface area contributed by atoms with Crippen molar-refractivity contribution < 1.29 is 0 Å². The van der Waals surface area contributed by atoms with Gasteiger partial charge in [-0.05, 0) is 19.8 Å². The number of rotatable bonds is 2. The van der Waals surface area contributed by atoms with Crippen LogP contribution in [0.15, 0.2) is 11.0 Å². The first-order chi connectivity index (χ1) is 5.70. The van der Waals surface area contributed by atoms with Crippen LogP contribution in [-0.4, -0.2) is 4.98 Å². The van der Waals surface area contributed by atoms with E-state index < -0.39 is 0 Å². The number of H-pyrrole nitrogens is 1. The van der Waals surface area contributed by atoms with Gasteiger partial charge < -0.3 is 4.98 Å². The Balaban J connectivity index is 3.34. The van der Waals surface area contributed by atoms with Crippen LogP contribution in [0.4, 0.5) is 0 Å². The van der Waals surface area contributed by atoms with Crippen LogP contribution in [0, 0.1) is 6.92 Å². The van der Waals surface area contributed by atoms with E-state index in [-0.39, 0.29) is 5.43 Å². The highest BCUT2D eigenvalue weighted by Gasteiger charge is 2.04. The van der Waals surface area contributed by atoms with Crippen molar-refractivity contribution >= 4 is 0 Å². The van der Waals surface area contributed by atoms with Gasteiger partial charge in [0.2, 0.25) is 0 Å². The van der Waals surface area contributed by atoms with Crippen LogP contribution in [0.3, 0.4) is 0 Å². The van der Waals surface area contributed by atoms with Crippen molar-refractivity contribution in [3.8, 4) is 0 Å². The van der Waals surface area contributed by atoms with Crippen LogP contribution in [0.25, 0.3) is 0 Å². The molecule has 0 aliphatic heterocycles. The predicted molar refractivity (Wildman–Crippen MR) is 50.6 cm³/mol. The first kappa shape index (κ1) is 9.04. The van der Waals surface area contributed by atoms with Gasteiger partial charge in [-0.2, -0.15) is 0 Å². The second-order valence-corrected chi connectivity index (χ2v) is 2.95. The van der Waals surface area contributed by atoms with E-state index in [1.54, 1.807) is 0 Å². The zero-order valence-electron chi connectivity index (χ0n) is 7.90. The fraction of sp³-hybridized carbons (Fsp3) is 0.500. The van der Waals surface area contributed by atoms with E-state index in [9.17, 15) is 4.79 Å². The Bertz CT molecular complexity index is 325. The summed E-state index contributed by atoms with van der Waals surface area (Å²) in [4.78, 5) is 14.7. The summed E-state index contributed by atoms with van der Waals surface area (Å²) in [5.41, 5.74) is 3.03. The molecule has 0 unspecified atom stereocenters. The summed E-state index contributed by atoms with van der Waals surface area (Å²) in [6, 6.07) is 0. The maximum absolute atomic E-state index is 11.6. The SMILES string of the molecule is CCc1c[nH]c(C)c(CC)c1=O. The quantitative estimate of drug-likeness (QED) is 0.712. The molecule has 0 fully saturated rings. The van der Waals surface area contributed by atoms with E-state index in [2.05, 4.69) is 4.98 Å². The van der Waals surface area contributed by atoms with E-state index in [1.807, 2.05) is 27.0 Å². The number of aromatic amines is 1. The molecule has 0 saturated carbocycles. The van der Waals surface area contributed by atoms with Crippen LogP contribution >= 0.6 is 0 Å². The van der Waals surface area contributed by atoms with Gasteiger partial charge >= 0.3 is 0 Å². The first-order valence-electron chi connectivity index (χ1n) is 4.40. The average Bonchev–Trinajstić information content (AvgIpc) is 2.06. The Morgan fingerprint density at radius 2 is 2.00 bits per heavy atom. The van der Waals surface area contributed by atoms with Gasteiger partial charge in [-0.3, -0.25) is 4.79 Å². The molecule has 1 rings (SSSR count). The zero-order valence-corrected chi connectivity index (χ0v) is 7.90. The highest BCUT2D eigenvalue weighted by molar-refractivity contribution is 5.24. The third kappa shape index (κ3) is 1.42. The lowest BCUT2D eigenvalue weighted by atomic mass is 10.1. The molecule has 2 nitrogen and oxygen atoms in total. The molecule has 0 bridgehead atoms. The summed E-state index contributed by atoms with van der Waals surface area (Å²) in [5, 5.41) is 0. The van der Waals surface area contributed by atoms with Gasteiger partial charge in [0.05, 0.1) is 0 Å². The standard InChI is InChI=1S/C10H15NO/c1-4-8-6-11-7(3)9(5-2)10(8)12/h6H,4-5H2,1-3H3,(H,11,12). The van der Waals surface area contributed by atoms with Crippen molar-refractivity contribution in [2.24, 2.45) is 0 Å². The lowest BCUT2D eigenvalue weighted by Crippen LogP contribution is -2.15. The van der Waals surface area contributed by atoms with E-state index in [0.29, 0.717) is 0 Å². The fourth-order valence-corrected chi connectivity index (χ4v) is 1.40. The topological polar surface area (TPSA) is 32.9 Å². The van der Waals surface area contributed by atoms with Crippen LogP contribution in [0.1, 0.15) is 30.7 Å². The molecule has 0 spiro atoms. The second kappa shape index (κ2) is 3.57. The van der Waals surface area contributed by atoms with Gasteiger partial charge in [0, 0.05) is 23.0 Å². The Labute approximate surface area is 72.6 Å². The molecule has 1 N–H and O–H groups in total. The minimum Gasteiger partial charge on any atom is -0.364 e. The highest BCUT2D eigenvalue weighted by atomic mass is 16.1. The minimum atomic E-state index is 0.219. The summed E-state index contributed by atoms with van der Waals surface area (Å²) >= 11 is 0. The number of aromatic nitrogens is 1. The molecular formula is C10H15NO. The van der Waals surface area contributed by atoms with Crippen LogP contribution in [-0.2, 0) is 12.8 Å². The van der Waals surface area contributed by atoms with Crippen molar-refractivity contribution in [1.82, 2.24) is 4.98 Å². The molecule has 0 amide bonds. The Morgan fingerprint density at radius 3 is 2.50 bits per heavy atom. The summed E-state index contributed by atoms with van der Waals surface area (Å²) in [6.45, 7) is 5.95. The normalized spacial score (nSPS) is 10.2. The average molecular weight is 165 g/mol. The molecule has 1 aromatic rings. The third-order valence-corrected chi connectivity index (χ3v) is 2.22. The third-order valence-electron chi connectivity index (χ3n) is 2.22. The largest absolute Gasteiger partial charge is 0.364 e. The van der Waals surface area contributed by atoms with Crippen molar-refractivity contribution in [2.45, 2.75) is 33.6 Å². The van der Waals surface area contributed by atoms with Crippen molar-refractivity contribution in [3.63, 3.8) is 0 Å². The zero-order chi connectivity index (χ0) is 9.14. The number of nitrogens with one attached hydrogen (secondary N) is 1. The molecule has 0 atom stereocenters. The molecule has 0 aliphatic carbocycles. The van der Waals surface area contributed by atoms with Gasteiger partial charge in [0.25, 0.3) is 0 Å². The lowest BCUT2D eigenvalue weighted by molar-refractivity contribution is 0.977. The molecule has 2 heteroatoms. The monoisotopic (exact) mass is 165 g/mol. The lowest BCUT2D eigenvalue weighted by Gasteiger charge is -2.03. The Kier molecular flexibility index (Phi) is 2.69. The van der Waals surface area contributed by atoms with Gasteiger partial charge in [0.15, 0.2) is 5.43 Å². The van der Waals surface area contributed by atoms with Gasteiger partial charge in [0.1, 0.15) is 0 Å². The first-order valence-corrected chi connectivity index (χ1v) is 4.40. The Morgan fingerprint density at radius 1 is 1.33 bits per heavy atom. The molecule has 1 aromatic heterocycles. The predicted octanol–water partition coefficient (Wildman–Crippen LogP) is 1.81. The van der Waals surface area contributed by atoms with Crippen LogP contribution in [0.2, 0.25) is 0 Å². The molecule has 0 aliphatic rings. The van der Waals surface area contributed by atoms with Gasteiger partial charge in [-0.25, -0.2) is 0 Å². The summed E-state index contributed by atoms with van der Waals surface area (Å²) in [6.07, 6.45) is 3.44. The molecule has 0 saturated heterocycles. The number of hydrogen-bond donors (Lipinski definition) is 1. The molecular weight excluding hydrogens is 150 g/mol. The summed E-state index contributed by atoms with van der Waals surface area (Å²) in [5.74, 6) is 0. The minimum absolute atomic E-state index is 0.219. The number of hydrogen-bond acceptors (Lipinski definition) is 1. The van der Waals surface area contributed by atoms with Crippen molar-refractivity contribution in [3.05, 3.63) is 33.2 Å². The number of pyridine rings is 1. The van der Waals surface area contributed by atoms with Crippen LogP contribution < -0.4 is 5.43 Å². The maximum atomic E-state index is 11.6. The fourth-order valence-electron chi connectivity index (χ4n) is 1.40. The van der Waals surface area contributed by atoms with Crippen molar-refractivity contribution in [1.29, 1.82) is 0 Å². The molecule has 12 heavy (non-hydrogen) atoms. The smallest absolute Gasteiger partial charge is 0.188 e. The summed E-state index contributed by atoms with van der Waals surface area (Å²) in [7, 11) is 0. The van der Waals surface area contributed by atoms with Gasteiger partial charge in [-0.15, -0.1) is 0 Å². The Hall–Kier alpha value is -1.05. The maximum Gasteiger partial charge on any atom is 0.188 e. The summed E-state index contributed by atoms with van der Waals surface area (Å²) < 4.78 is 0. The second-order valence-electron chi connectivity index (χ2n) is 2.95. The van der Waals surface area contributed by atoms with Crippen molar-refractivity contribution in [2.75, 3.05) is 0 Å². The molecule has 0 aromatic carbocycles. The molecule has 1 heterocycles. The van der Waals surface area contributed by atoms with E-state index in [4.69, 9.17) is 0 Å². The highest BCUT2D eigenvalue weighted by Crippen LogP contribution is 2.01. The van der Waals surface area contributed by atoms with E-state index >= 15 is 0 Å². The van der Waals surface area contributed by atoms with Crippen LogP contribution in [0.5, 0.6) is 0 Å². The van der Waals surface area contributed by atoms with E-state index in [1.165, 1.54) is 0 Å². The number of aryl methyl sites for hydroxylation is 2.